The summed E-state index contributed by atoms with van der Waals surface area (Å²) in [6.45, 7) is 4.36. The average molecular weight is 528 g/mol. The van der Waals surface area contributed by atoms with Gasteiger partial charge in [0.25, 0.3) is 10.1 Å². The summed E-state index contributed by atoms with van der Waals surface area (Å²) in [5.74, 6) is -1.01. The van der Waals surface area contributed by atoms with Crippen LogP contribution in [0.2, 0.25) is 0 Å². The second-order valence-electron chi connectivity index (χ2n) is 9.67. The zero-order chi connectivity index (χ0) is 26.9. The van der Waals surface area contributed by atoms with Gasteiger partial charge in [-0.2, -0.15) is 8.42 Å². The molecule has 0 rings (SSSR count). The lowest BCUT2D eigenvalue weighted by Crippen LogP contribution is -2.46. The van der Waals surface area contributed by atoms with E-state index in [0.29, 0.717) is 6.42 Å². The second-order valence-corrected chi connectivity index (χ2v) is 11.2. The quantitative estimate of drug-likeness (QED) is 0.0708. The van der Waals surface area contributed by atoms with Crippen LogP contribution < -0.4 is 5.32 Å². The van der Waals surface area contributed by atoms with Gasteiger partial charge in [-0.15, -0.1) is 0 Å². The van der Waals surface area contributed by atoms with Crippen LogP contribution in [-0.2, 0) is 14.9 Å². The normalized spacial score (nSPS) is 14.2. The smallest absolute Gasteiger partial charge is 0.267 e. The Hall–Kier alpha value is -1.44. The van der Waals surface area contributed by atoms with Gasteiger partial charge in [0.15, 0.2) is 0 Å². The summed E-state index contributed by atoms with van der Waals surface area (Å²) < 4.78 is 32.0. The number of aliphatic hydroxyl groups excluding tert-OH is 1. The first-order chi connectivity index (χ1) is 17.3. The lowest BCUT2D eigenvalue weighted by Gasteiger charge is -2.21. The Morgan fingerprint density at radius 1 is 0.750 bits per heavy atom. The highest BCUT2D eigenvalue weighted by atomic mass is 32.2. The number of carbonyl (C=O) groups is 1. The molecule has 2 atom stereocenters. The van der Waals surface area contributed by atoms with Gasteiger partial charge < -0.3 is 10.4 Å². The Kier molecular flexibility index (Phi) is 23.0. The van der Waals surface area contributed by atoms with Gasteiger partial charge in [0, 0.05) is 6.42 Å². The maximum absolute atomic E-state index is 12.3. The molecule has 2 unspecified atom stereocenters. The first kappa shape index (κ1) is 34.6. The molecule has 1 amide bonds. The SMILES string of the molecule is CCCC/C=C\C/C=C\CCCCCCCC(=O)NC(CS(=O)(=O)O)C(O)/C=C/CCCCCCC. The molecular formula is C29H53NO5S. The summed E-state index contributed by atoms with van der Waals surface area (Å²) in [5, 5.41) is 13.0. The van der Waals surface area contributed by atoms with E-state index in [4.69, 9.17) is 0 Å². The number of hydrogen-bond acceptors (Lipinski definition) is 4. The molecule has 0 saturated heterocycles. The summed E-state index contributed by atoms with van der Waals surface area (Å²) in [5.41, 5.74) is 0. The van der Waals surface area contributed by atoms with Crippen molar-refractivity contribution >= 4 is 16.0 Å². The van der Waals surface area contributed by atoms with Crippen LogP contribution in [0.1, 0.15) is 123 Å². The minimum Gasteiger partial charge on any atom is -0.387 e. The first-order valence-corrected chi connectivity index (χ1v) is 15.8. The van der Waals surface area contributed by atoms with E-state index in [-0.39, 0.29) is 12.3 Å². The standard InChI is InChI=1S/C29H53NO5S/c1-3-5-7-9-11-12-13-14-15-16-17-19-21-23-25-29(32)30-27(26-36(33,34)35)28(31)24-22-20-18-10-8-6-4-2/h9,11,13-14,22,24,27-28,31H,3-8,10,12,15-21,23,25-26H2,1-2H3,(H,30,32)(H,33,34,35)/b11-9-,14-13-,24-22+. The predicted molar refractivity (Wildman–Crippen MR) is 152 cm³/mol. The van der Waals surface area contributed by atoms with Crippen molar-refractivity contribution in [3.05, 3.63) is 36.5 Å². The molecule has 0 radical (unpaired) electrons. The van der Waals surface area contributed by atoms with Crippen LogP contribution >= 0.6 is 0 Å². The zero-order valence-electron chi connectivity index (χ0n) is 22.9. The molecule has 0 aliphatic carbocycles. The Morgan fingerprint density at radius 3 is 1.89 bits per heavy atom. The van der Waals surface area contributed by atoms with Crippen LogP contribution in [0, 0.1) is 0 Å². The topological polar surface area (TPSA) is 104 Å². The Labute approximate surface area is 221 Å². The third-order valence-corrected chi connectivity index (χ3v) is 6.84. The largest absolute Gasteiger partial charge is 0.387 e. The van der Waals surface area contributed by atoms with Crippen LogP contribution in [0.4, 0.5) is 0 Å². The van der Waals surface area contributed by atoms with Crippen molar-refractivity contribution in [1.29, 1.82) is 0 Å². The van der Waals surface area contributed by atoms with E-state index >= 15 is 0 Å². The van der Waals surface area contributed by atoms with Gasteiger partial charge in [-0.1, -0.05) is 108 Å². The molecule has 6 nitrogen and oxygen atoms in total. The predicted octanol–water partition coefficient (Wildman–Crippen LogP) is 7.06. The van der Waals surface area contributed by atoms with Gasteiger partial charge in [0.2, 0.25) is 5.91 Å². The van der Waals surface area contributed by atoms with Crippen molar-refractivity contribution < 1.29 is 22.9 Å². The number of allylic oxidation sites excluding steroid dienone is 5. The monoisotopic (exact) mass is 527 g/mol. The fraction of sp³-hybridized carbons (Fsp3) is 0.759. The maximum atomic E-state index is 12.3. The van der Waals surface area contributed by atoms with Gasteiger partial charge in [0.1, 0.15) is 0 Å². The Balaban J connectivity index is 4.12. The number of unbranched alkanes of at least 4 members (excludes halogenated alkanes) is 12. The second kappa shape index (κ2) is 23.9. The minimum absolute atomic E-state index is 0.278. The Morgan fingerprint density at radius 2 is 1.28 bits per heavy atom. The summed E-state index contributed by atoms with van der Waals surface area (Å²) in [4.78, 5) is 12.3. The van der Waals surface area contributed by atoms with Crippen LogP contribution in [0.5, 0.6) is 0 Å². The maximum Gasteiger partial charge on any atom is 0.267 e. The number of amides is 1. The molecule has 0 aliphatic heterocycles. The highest BCUT2D eigenvalue weighted by Gasteiger charge is 2.24. The molecule has 0 spiro atoms. The van der Waals surface area contributed by atoms with Gasteiger partial charge in [-0.3, -0.25) is 9.35 Å². The molecular weight excluding hydrogens is 474 g/mol. The van der Waals surface area contributed by atoms with Crippen molar-refractivity contribution in [3.63, 3.8) is 0 Å². The van der Waals surface area contributed by atoms with Crippen LogP contribution in [0.25, 0.3) is 0 Å². The van der Waals surface area contributed by atoms with E-state index in [2.05, 4.69) is 43.5 Å². The van der Waals surface area contributed by atoms with E-state index in [1.807, 2.05) is 6.08 Å². The average Bonchev–Trinajstić information content (AvgIpc) is 2.82. The van der Waals surface area contributed by atoms with Crippen molar-refractivity contribution in [2.75, 3.05) is 5.75 Å². The summed E-state index contributed by atoms with van der Waals surface area (Å²) >= 11 is 0. The van der Waals surface area contributed by atoms with Crippen molar-refractivity contribution in [1.82, 2.24) is 5.32 Å². The molecule has 0 aliphatic rings. The number of aliphatic hydroxyl groups is 1. The lowest BCUT2D eigenvalue weighted by atomic mass is 10.1. The van der Waals surface area contributed by atoms with Gasteiger partial charge in [-0.05, 0) is 44.9 Å². The molecule has 36 heavy (non-hydrogen) atoms. The molecule has 0 saturated carbocycles. The van der Waals surface area contributed by atoms with E-state index < -0.39 is 28.0 Å². The molecule has 0 heterocycles. The van der Waals surface area contributed by atoms with Crippen molar-refractivity contribution in [2.24, 2.45) is 0 Å². The number of hydrogen-bond donors (Lipinski definition) is 3. The number of carbonyl (C=O) groups excluding carboxylic acids is 1. The number of nitrogens with one attached hydrogen (secondary N) is 1. The fourth-order valence-electron chi connectivity index (χ4n) is 3.87. The third kappa shape index (κ3) is 24.3. The molecule has 0 aromatic heterocycles. The van der Waals surface area contributed by atoms with E-state index in [0.717, 1.165) is 57.8 Å². The van der Waals surface area contributed by atoms with E-state index in [1.54, 1.807) is 0 Å². The molecule has 3 N–H and O–H groups in total. The van der Waals surface area contributed by atoms with Gasteiger partial charge in [-0.25, -0.2) is 0 Å². The fourth-order valence-corrected chi connectivity index (χ4v) is 4.61. The van der Waals surface area contributed by atoms with Crippen LogP contribution in [-0.4, -0.2) is 41.9 Å². The highest BCUT2D eigenvalue weighted by Crippen LogP contribution is 2.10. The summed E-state index contributed by atoms with van der Waals surface area (Å²) in [6, 6.07) is -1.06. The number of rotatable bonds is 24. The molecule has 0 aromatic rings. The molecule has 0 bridgehead atoms. The zero-order valence-corrected chi connectivity index (χ0v) is 23.7. The minimum atomic E-state index is -4.33. The van der Waals surface area contributed by atoms with Gasteiger partial charge in [0.05, 0.1) is 17.9 Å². The summed E-state index contributed by atoms with van der Waals surface area (Å²) in [7, 11) is -4.33. The van der Waals surface area contributed by atoms with E-state index in [1.165, 1.54) is 44.6 Å². The van der Waals surface area contributed by atoms with Crippen molar-refractivity contribution in [2.45, 2.75) is 135 Å². The lowest BCUT2D eigenvalue weighted by molar-refractivity contribution is -0.122. The summed E-state index contributed by atoms with van der Waals surface area (Å²) in [6.07, 6.45) is 28.6. The van der Waals surface area contributed by atoms with Crippen LogP contribution in [0.15, 0.2) is 36.5 Å². The first-order valence-electron chi connectivity index (χ1n) is 14.2. The van der Waals surface area contributed by atoms with Gasteiger partial charge >= 0.3 is 0 Å². The van der Waals surface area contributed by atoms with Crippen molar-refractivity contribution in [3.8, 4) is 0 Å². The molecule has 0 fully saturated rings. The molecule has 210 valence electrons. The molecule has 0 aromatic carbocycles. The van der Waals surface area contributed by atoms with Crippen LogP contribution in [0.3, 0.4) is 0 Å². The highest BCUT2D eigenvalue weighted by molar-refractivity contribution is 7.85. The van der Waals surface area contributed by atoms with E-state index in [9.17, 15) is 22.9 Å². The Bertz CT molecular complexity index is 715. The molecule has 7 heteroatoms. The third-order valence-electron chi connectivity index (χ3n) is 6.06.